The summed E-state index contributed by atoms with van der Waals surface area (Å²) in [5.74, 6) is -1.08. The topological polar surface area (TPSA) is 64.6 Å². The largest absolute Gasteiger partial charge is 0.379 e. The molecule has 2 atom stereocenters. The van der Waals surface area contributed by atoms with E-state index in [0.29, 0.717) is 19.6 Å². The minimum atomic E-state index is -3.68. The third-order valence-corrected chi connectivity index (χ3v) is 4.89. The Kier molecular flexibility index (Phi) is 5.56. The fourth-order valence-corrected chi connectivity index (χ4v) is 3.81. The molecule has 1 aromatic carbocycles. The van der Waals surface area contributed by atoms with Crippen molar-refractivity contribution < 1.29 is 22.3 Å². The smallest absolute Gasteiger partial charge is 0.216 e. The van der Waals surface area contributed by atoms with E-state index in [-0.39, 0.29) is 22.7 Å². The highest BCUT2D eigenvalue weighted by Gasteiger charge is 2.29. The second-order valence-corrected chi connectivity index (χ2v) is 7.05. The highest BCUT2D eigenvalue weighted by Crippen LogP contribution is 2.18. The van der Waals surface area contributed by atoms with Crippen LogP contribution in [-0.4, -0.2) is 40.9 Å². The van der Waals surface area contributed by atoms with Gasteiger partial charge in [0.1, 0.15) is 5.82 Å². The number of halogens is 2. The van der Waals surface area contributed by atoms with Crippen molar-refractivity contribution in [2.75, 3.05) is 20.3 Å². The first-order chi connectivity index (χ1) is 9.91. The molecule has 1 N–H and O–H groups in total. The van der Waals surface area contributed by atoms with Gasteiger partial charge in [-0.2, -0.15) is 0 Å². The summed E-state index contributed by atoms with van der Waals surface area (Å²) in [6.07, 6.45) is 0.171. The lowest BCUT2D eigenvalue weighted by Gasteiger charge is -2.30. The molecule has 118 valence electrons. The fourth-order valence-electron chi connectivity index (χ4n) is 2.19. The van der Waals surface area contributed by atoms with Crippen molar-refractivity contribution in [3.63, 3.8) is 0 Å². The van der Waals surface area contributed by atoms with Crippen LogP contribution in [0.3, 0.4) is 0 Å². The third-order valence-electron chi connectivity index (χ3n) is 3.30. The maximum absolute atomic E-state index is 13.7. The molecule has 0 radical (unpaired) electrons. The van der Waals surface area contributed by atoms with E-state index >= 15 is 0 Å². The van der Waals surface area contributed by atoms with Gasteiger partial charge in [-0.25, -0.2) is 17.5 Å². The molecular weight excluding hydrogens is 321 g/mol. The van der Waals surface area contributed by atoms with Gasteiger partial charge in [-0.05, 0) is 18.6 Å². The van der Waals surface area contributed by atoms with Gasteiger partial charge in [0, 0.05) is 24.3 Å². The predicted octanol–water partition coefficient (Wildman–Crippen LogP) is 1.70. The lowest BCUT2D eigenvalue weighted by molar-refractivity contribution is -0.0448. The van der Waals surface area contributed by atoms with Gasteiger partial charge in [0.2, 0.25) is 10.0 Å². The van der Waals surface area contributed by atoms with E-state index in [1.54, 1.807) is 0 Å². The zero-order valence-electron chi connectivity index (χ0n) is 11.5. The number of sulfonamides is 1. The monoisotopic (exact) mass is 337 g/mol. The summed E-state index contributed by atoms with van der Waals surface area (Å²) in [5.41, 5.74) is 0.0768. The normalized spacial score (nSPS) is 23.2. The van der Waals surface area contributed by atoms with E-state index in [2.05, 4.69) is 4.72 Å². The van der Waals surface area contributed by atoms with Crippen molar-refractivity contribution in [2.24, 2.45) is 0 Å². The van der Waals surface area contributed by atoms with Crippen molar-refractivity contribution in [2.45, 2.75) is 24.3 Å². The summed E-state index contributed by atoms with van der Waals surface area (Å²) < 4.78 is 51.0. The Hall–Kier alpha value is -0.730. The van der Waals surface area contributed by atoms with E-state index in [4.69, 9.17) is 21.1 Å². The Labute approximate surface area is 128 Å². The molecule has 1 aliphatic heterocycles. The molecule has 5 nitrogen and oxygen atoms in total. The number of hydrogen-bond acceptors (Lipinski definition) is 4. The third kappa shape index (κ3) is 4.62. The van der Waals surface area contributed by atoms with Gasteiger partial charge in [-0.1, -0.05) is 17.7 Å². The first-order valence-electron chi connectivity index (χ1n) is 6.46. The van der Waals surface area contributed by atoms with Crippen molar-refractivity contribution in [1.29, 1.82) is 0 Å². The molecule has 0 aliphatic carbocycles. The van der Waals surface area contributed by atoms with Gasteiger partial charge in [-0.3, -0.25) is 0 Å². The van der Waals surface area contributed by atoms with Gasteiger partial charge in [0.15, 0.2) is 0 Å². The number of ether oxygens (including phenoxy) is 2. The molecule has 1 aliphatic rings. The quantitative estimate of drug-likeness (QED) is 0.888. The average Bonchev–Trinajstić information content (AvgIpc) is 2.42. The van der Waals surface area contributed by atoms with Crippen LogP contribution in [0.25, 0.3) is 0 Å². The molecule has 1 fully saturated rings. The zero-order valence-corrected chi connectivity index (χ0v) is 13.1. The van der Waals surface area contributed by atoms with Crippen LogP contribution in [0.4, 0.5) is 4.39 Å². The van der Waals surface area contributed by atoms with Gasteiger partial charge in [0.25, 0.3) is 0 Å². The van der Waals surface area contributed by atoms with Crippen molar-refractivity contribution in [3.8, 4) is 0 Å². The molecule has 0 amide bonds. The van der Waals surface area contributed by atoms with Crippen LogP contribution >= 0.6 is 11.6 Å². The van der Waals surface area contributed by atoms with Gasteiger partial charge in [0.05, 0.1) is 24.5 Å². The van der Waals surface area contributed by atoms with Crippen molar-refractivity contribution >= 4 is 21.6 Å². The molecule has 21 heavy (non-hydrogen) atoms. The molecule has 0 spiro atoms. The standard InChI is InChI=1S/C13H17ClFNO4S/c1-19-13-7-20-5-4-12(13)16-21(17,18)8-9-2-3-10(14)6-11(9)15/h2-3,6,12-13,16H,4-5,7-8H2,1H3/t12-,13-/m0/s1. The number of methoxy groups -OCH3 is 1. The average molecular weight is 338 g/mol. The van der Waals surface area contributed by atoms with E-state index < -0.39 is 21.6 Å². The maximum atomic E-state index is 13.7. The minimum absolute atomic E-state index is 0.0768. The molecule has 0 unspecified atom stereocenters. The van der Waals surface area contributed by atoms with Crippen molar-refractivity contribution in [3.05, 3.63) is 34.6 Å². The summed E-state index contributed by atoms with van der Waals surface area (Å²) in [4.78, 5) is 0. The lowest BCUT2D eigenvalue weighted by atomic mass is 10.1. The Morgan fingerprint density at radius 3 is 2.95 bits per heavy atom. The van der Waals surface area contributed by atoms with Gasteiger partial charge < -0.3 is 9.47 Å². The predicted molar refractivity (Wildman–Crippen MR) is 77.2 cm³/mol. The van der Waals surface area contributed by atoms with Crippen LogP contribution in [0.2, 0.25) is 5.02 Å². The second kappa shape index (κ2) is 7.02. The maximum Gasteiger partial charge on any atom is 0.216 e. The van der Waals surface area contributed by atoms with Crippen LogP contribution in [0.15, 0.2) is 18.2 Å². The fraction of sp³-hybridized carbons (Fsp3) is 0.538. The molecule has 0 saturated carbocycles. The molecular formula is C13H17ClFNO4S. The van der Waals surface area contributed by atoms with E-state index in [1.165, 1.54) is 19.2 Å². The van der Waals surface area contributed by atoms with Crippen LogP contribution in [0.5, 0.6) is 0 Å². The summed E-state index contributed by atoms with van der Waals surface area (Å²) in [7, 11) is -2.18. The molecule has 1 aromatic rings. The molecule has 0 aromatic heterocycles. The molecule has 1 saturated heterocycles. The van der Waals surface area contributed by atoms with Crippen LogP contribution in [-0.2, 0) is 25.2 Å². The lowest BCUT2D eigenvalue weighted by Crippen LogP contribution is -2.49. The van der Waals surface area contributed by atoms with Crippen LogP contribution in [0.1, 0.15) is 12.0 Å². The first kappa shape index (κ1) is 16.6. The Balaban J connectivity index is 2.07. The zero-order chi connectivity index (χ0) is 15.5. The molecule has 8 heteroatoms. The first-order valence-corrected chi connectivity index (χ1v) is 8.49. The van der Waals surface area contributed by atoms with Crippen molar-refractivity contribution in [1.82, 2.24) is 4.72 Å². The number of hydrogen-bond donors (Lipinski definition) is 1. The molecule has 1 heterocycles. The Morgan fingerprint density at radius 2 is 2.29 bits per heavy atom. The number of benzene rings is 1. The second-order valence-electron chi connectivity index (χ2n) is 4.86. The van der Waals surface area contributed by atoms with Crippen LogP contribution < -0.4 is 4.72 Å². The van der Waals surface area contributed by atoms with Gasteiger partial charge >= 0.3 is 0 Å². The summed E-state index contributed by atoms with van der Waals surface area (Å²) >= 11 is 5.65. The van der Waals surface area contributed by atoms with Crippen LogP contribution in [0, 0.1) is 5.82 Å². The summed E-state index contributed by atoms with van der Waals surface area (Å²) in [5, 5.41) is 0.227. The summed E-state index contributed by atoms with van der Waals surface area (Å²) in [6.45, 7) is 0.793. The van der Waals surface area contributed by atoms with E-state index in [9.17, 15) is 12.8 Å². The summed E-state index contributed by atoms with van der Waals surface area (Å²) in [6, 6.07) is 3.55. The number of nitrogens with one attached hydrogen (secondary N) is 1. The van der Waals surface area contributed by atoms with E-state index in [1.807, 2.05) is 0 Å². The molecule has 0 bridgehead atoms. The van der Waals surface area contributed by atoms with Gasteiger partial charge in [-0.15, -0.1) is 0 Å². The van der Waals surface area contributed by atoms with E-state index in [0.717, 1.165) is 6.07 Å². The Morgan fingerprint density at radius 1 is 1.52 bits per heavy atom. The highest BCUT2D eigenvalue weighted by atomic mass is 35.5. The Bertz CT molecular complexity index is 596. The SMILES string of the molecule is CO[C@H]1COCC[C@@H]1NS(=O)(=O)Cc1ccc(Cl)cc1F. The number of rotatable bonds is 5. The minimum Gasteiger partial charge on any atom is -0.379 e. The highest BCUT2D eigenvalue weighted by molar-refractivity contribution is 7.88. The molecule has 2 rings (SSSR count).